The van der Waals surface area contributed by atoms with Gasteiger partial charge in [0.05, 0.1) is 6.04 Å². The molecule has 3 amide bonds. The van der Waals surface area contributed by atoms with Crippen molar-refractivity contribution in [2.24, 2.45) is 0 Å². The molecule has 1 N–H and O–H groups in total. The maximum Gasteiger partial charge on any atom is 0.325 e. The molecule has 1 aromatic heterocycles. The van der Waals surface area contributed by atoms with E-state index in [2.05, 4.69) is 57.4 Å². The molecule has 0 aliphatic carbocycles. The Morgan fingerprint density at radius 3 is 2.52 bits per heavy atom. The summed E-state index contributed by atoms with van der Waals surface area (Å²) in [4.78, 5) is 28.2. The Kier molecular flexibility index (Phi) is 4.52. The Morgan fingerprint density at radius 1 is 1.04 bits per heavy atom. The van der Waals surface area contributed by atoms with Crippen LogP contribution in [-0.2, 0) is 11.3 Å². The number of aromatic nitrogens is 1. The first kappa shape index (κ1) is 17.8. The van der Waals surface area contributed by atoms with Crippen molar-refractivity contribution in [2.75, 3.05) is 19.6 Å². The number of hydrogen-bond donors (Lipinski definition) is 1. The molecule has 0 spiro atoms. The zero-order chi connectivity index (χ0) is 19.0. The Labute approximate surface area is 159 Å². The van der Waals surface area contributed by atoms with E-state index in [9.17, 15) is 9.59 Å². The Morgan fingerprint density at radius 2 is 1.81 bits per heavy atom. The molecule has 0 radical (unpaired) electrons. The minimum atomic E-state index is -0.796. The van der Waals surface area contributed by atoms with Gasteiger partial charge in [0.15, 0.2) is 0 Å². The second-order valence-corrected chi connectivity index (χ2v) is 7.84. The van der Waals surface area contributed by atoms with E-state index < -0.39 is 5.54 Å². The van der Waals surface area contributed by atoms with E-state index in [1.807, 2.05) is 6.07 Å². The van der Waals surface area contributed by atoms with Crippen LogP contribution in [0.15, 0.2) is 48.7 Å². The van der Waals surface area contributed by atoms with E-state index in [1.54, 1.807) is 13.8 Å². The summed E-state index contributed by atoms with van der Waals surface area (Å²) in [5, 5.41) is 2.75. The van der Waals surface area contributed by atoms with Crippen molar-refractivity contribution in [1.29, 1.82) is 0 Å². The predicted octanol–water partition coefficient (Wildman–Crippen LogP) is 2.61. The van der Waals surface area contributed by atoms with Gasteiger partial charge in [0.25, 0.3) is 5.91 Å². The smallest absolute Gasteiger partial charge is 0.325 e. The predicted molar refractivity (Wildman–Crippen MR) is 103 cm³/mol. The molecule has 6 heteroatoms. The van der Waals surface area contributed by atoms with Crippen LogP contribution in [0, 0.1) is 0 Å². The monoisotopic (exact) mass is 366 g/mol. The zero-order valence-corrected chi connectivity index (χ0v) is 15.9. The number of hydrogen-bond acceptors (Lipinski definition) is 3. The lowest BCUT2D eigenvalue weighted by Crippen LogP contribution is -2.41. The fraction of sp³-hybridized carbons (Fsp3) is 0.429. The van der Waals surface area contributed by atoms with E-state index in [0.717, 1.165) is 26.1 Å². The average molecular weight is 366 g/mol. The molecule has 2 aliphatic rings. The van der Waals surface area contributed by atoms with Gasteiger partial charge in [-0.1, -0.05) is 30.3 Å². The van der Waals surface area contributed by atoms with Gasteiger partial charge in [-0.05, 0) is 38.0 Å². The van der Waals surface area contributed by atoms with Gasteiger partial charge >= 0.3 is 6.03 Å². The maximum absolute atomic E-state index is 12.4. The topological polar surface area (TPSA) is 57.6 Å². The van der Waals surface area contributed by atoms with Crippen molar-refractivity contribution in [3.05, 3.63) is 59.9 Å². The summed E-state index contributed by atoms with van der Waals surface area (Å²) in [5.41, 5.74) is 1.77. The molecule has 6 nitrogen and oxygen atoms in total. The standard InChI is InChI=1S/C21H26N4O2/c1-21(2)19(26)25(20(27)22-21)13-7-12-24-15-14-23-11-6-10-17(23)18(24)16-8-4-3-5-9-16/h3-6,8-11,18H,7,12-15H2,1-2H3,(H,22,27)/t18-/m0/s1. The fourth-order valence-electron chi connectivity index (χ4n) is 4.14. The van der Waals surface area contributed by atoms with Gasteiger partial charge in [-0.25, -0.2) is 4.79 Å². The summed E-state index contributed by atoms with van der Waals surface area (Å²) in [5.74, 6) is -0.139. The van der Waals surface area contributed by atoms with Crippen LogP contribution in [0.3, 0.4) is 0 Å². The van der Waals surface area contributed by atoms with Crippen molar-refractivity contribution >= 4 is 11.9 Å². The third-order valence-corrected chi connectivity index (χ3v) is 5.52. The van der Waals surface area contributed by atoms with Gasteiger partial charge in [0.2, 0.25) is 0 Å². The molecule has 1 atom stereocenters. The van der Waals surface area contributed by atoms with Crippen molar-refractivity contribution < 1.29 is 9.59 Å². The van der Waals surface area contributed by atoms with Gasteiger partial charge in [0, 0.05) is 38.1 Å². The highest BCUT2D eigenvalue weighted by molar-refractivity contribution is 6.06. The van der Waals surface area contributed by atoms with E-state index >= 15 is 0 Å². The van der Waals surface area contributed by atoms with Gasteiger partial charge in [-0.15, -0.1) is 0 Å². The summed E-state index contributed by atoms with van der Waals surface area (Å²) in [7, 11) is 0. The molecular weight excluding hydrogens is 340 g/mol. The molecular formula is C21H26N4O2. The van der Waals surface area contributed by atoms with Crippen LogP contribution in [0.4, 0.5) is 4.79 Å². The molecule has 27 heavy (non-hydrogen) atoms. The number of amides is 3. The van der Waals surface area contributed by atoms with Crippen LogP contribution in [-0.4, -0.2) is 51.5 Å². The highest BCUT2D eigenvalue weighted by atomic mass is 16.2. The van der Waals surface area contributed by atoms with Crippen LogP contribution < -0.4 is 5.32 Å². The lowest BCUT2D eigenvalue weighted by atomic mass is 10.00. The zero-order valence-electron chi connectivity index (χ0n) is 15.9. The Balaban J connectivity index is 1.47. The SMILES string of the molecule is CC1(C)NC(=O)N(CCCN2CCn3cccc3[C@@H]2c2ccccc2)C1=O. The maximum atomic E-state index is 12.4. The molecule has 1 fully saturated rings. The summed E-state index contributed by atoms with van der Waals surface area (Å²) >= 11 is 0. The quantitative estimate of drug-likeness (QED) is 0.828. The second kappa shape index (κ2) is 6.85. The number of carbonyl (C=O) groups excluding carboxylic acids is 2. The second-order valence-electron chi connectivity index (χ2n) is 7.84. The molecule has 0 bridgehead atoms. The highest BCUT2D eigenvalue weighted by Crippen LogP contribution is 2.32. The summed E-state index contributed by atoms with van der Waals surface area (Å²) < 4.78 is 2.31. The van der Waals surface area contributed by atoms with Crippen molar-refractivity contribution in [3.8, 4) is 0 Å². The number of nitrogens with one attached hydrogen (secondary N) is 1. The first-order valence-electron chi connectivity index (χ1n) is 9.55. The number of rotatable bonds is 5. The number of urea groups is 1. The fourth-order valence-corrected chi connectivity index (χ4v) is 4.14. The highest BCUT2D eigenvalue weighted by Gasteiger charge is 2.43. The Hall–Kier alpha value is -2.60. The van der Waals surface area contributed by atoms with E-state index in [4.69, 9.17) is 0 Å². The molecule has 1 saturated heterocycles. The van der Waals surface area contributed by atoms with Crippen molar-refractivity contribution in [2.45, 2.75) is 38.4 Å². The molecule has 4 rings (SSSR count). The minimum Gasteiger partial charge on any atom is -0.348 e. The number of carbonyl (C=O) groups is 2. The third-order valence-electron chi connectivity index (χ3n) is 5.52. The van der Waals surface area contributed by atoms with E-state index in [-0.39, 0.29) is 18.0 Å². The molecule has 2 aromatic rings. The van der Waals surface area contributed by atoms with Crippen LogP contribution in [0.2, 0.25) is 0 Å². The molecule has 142 valence electrons. The number of imide groups is 1. The largest absolute Gasteiger partial charge is 0.348 e. The lowest BCUT2D eigenvalue weighted by molar-refractivity contribution is -0.130. The van der Waals surface area contributed by atoms with Crippen molar-refractivity contribution in [3.63, 3.8) is 0 Å². The summed E-state index contributed by atoms with van der Waals surface area (Å²) in [6, 6.07) is 14.7. The average Bonchev–Trinajstić information content (AvgIpc) is 3.19. The molecule has 2 aliphatic heterocycles. The lowest BCUT2D eigenvalue weighted by Gasteiger charge is -2.37. The van der Waals surface area contributed by atoms with Crippen LogP contribution in [0.5, 0.6) is 0 Å². The van der Waals surface area contributed by atoms with Gasteiger partial charge in [-0.3, -0.25) is 14.6 Å². The van der Waals surface area contributed by atoms with E-state index in [1.165, 1.54) is 16.2 Å². The van der Waals surface area contributed by atoms with Gasteiger partial charge in [0.1, 0.15) is 5.54 Å². The van der Waals surface area contributed by atoms with Gasteiger partial charge < -0.3 is 9.88 Å². The van der Waals surface area contributed by atoms with Crippen molar-refractivity contribution in [1.82, 2.24) is 19.7 Å². The normalized spacial score (nSPS) is 22.0. The number of nitrogens with zero attached hydrogens (tertiary/aromatic N) is 3. The van der Waals surface area contributed by atoms with Gasteiger partial charge in [-0.2, -0.15) is 0 Å². The number of benzene rings is 1. The Bertz CT molecular complexity index is 843. The number of fused-ring (bicyclic) bond motifs is 1. The first-order valence-corrected chi connectivity index (χ1v) is 9.55. The first-order chi connectivity index (χ1) is 13.0. The molecule has 0 saturated carbocycles. The van der Waals surface area contributed by atoms with E-state index in [0.29, 0.717) is 6.54 Å². The summed E-state index contributed by atoms with van der Waals surface area (Å²) in [6.45, 7) is 6.69. The molecule has 1 aromatic carbocycles. The van der Waals surface area contributed by atoms with Crippen LogP contribution in [0.25, 0.3) is 0 Å². The molecule has 3 heterocycles. The molecule has 0 unspecified atom stereocenters. The summed E-state index contributed by atoms with van der Waals surface area (Å²) in [6.07, 6.45) is 2.90. The van der Waals surface area contributed by atoms with Crippen LogP contribution in [0.1, 0.15) is 37.6 Å². The van der Waals surface area contributed by atoms with Crippen LogP contribution >= 0.6 is 0 Å². The minimum absolute atomic E-state index is 0.139. The third kappa shape index (κ3) is 3.25.